The van der Waals surface area contributed by atoms with Gasteiger partial charge in [-0.2, -0.15) is 0 Å². The molecule has 4 rings (SSSR count). The zero-order valence-corrected chi connectivity index (χ0v) is 25.3. The third-order valence-corrected chi connectivity index (χ3v) is 8.23. The monoisotopic (exact) mass is 656 g/mol. The molecule has 3 N–H and O–H groups in total. The van der Waals surface area contributed by atoms with E-state index in [0.29, 0.717) is 53.5 Å². The van der Waals surface area contributed by atoms with Gasteiger partial charge in [-0.25, -0.2) is 9.18 Å². The molecule has 0 bridgehead atoms. The van der Waals surface area contributed by atoms with E-state index in [-0.39, 0.29) is 29.0 Å². The summed E-state index contributed by atoms with van der Waals surface area (Å²) < 4.78 is 21.0. The molecule has 1 aromatic carbocycles. The van der Waals surface area contributed by atoms with Gasteiger partial charge in [0.1, 0.15) is 16.4 Å². The van der Waals surface area contributed by atoms with Crippen LogP contribution in [0, 0.1) is 14.8 Å². The largest absolute Gasteiger partial charge is 0.444 e. The first-order valence-electron chi connectivity index (χ1n) is 12.7. The highest BCUT2D eigenvalue weighted by Crippen LogP contribution is 2.40. The van der Waals surface area contributed by atoms with Crippen LogP contribution < -0.4 is 16.0 Å². The van der Waals surface area contributed by atoms with Crippen LogP contribution in [0.5, 0.6) is 0 Å². The number of nitrogens with zero attached hydrogens (tertiary/aromatic N) is 1. The van der Waals surface area contributed by atoms with Gasteiger partial charge in [-0.1, -0.05) is 13.8 Å². The first-order valence-corrected chi connectivity index (χ1v) is 14.6. The predicted octanol–water partition coefficient (Wildman–Crippen LogP) is 5.68. The number of benzene rings is 1. The van der Waals surface area contributed by atoms with E-state index in [1.807, 2.05) is 57.2 Å². The van der Waals surface area contributed by atoms with Gasteiger partial charge in [-0.05, 0) is 91.8 Å². The number of anilines is 2. The summed E-state index contributed by atoms with van der Waals surface area (Å²) in [5, 5.41) is 9.53. The number of rotatable bonds is 4. The summed E-state index contributed by atoms with van der Waals surface area (Å²) in [6.45, 7) is 10.9. The summed E-state index contributed by atoms with van der Waals surface area (Å²) in [5.74, 6) is -1.04. The van der Waals surface area contributed by atoms with E-state index in [9.17, 15) is 18.8 Å². The Bertz CT molecular complexity index is 1260. The zero-order chi connectivity index (χ0) is 27.8. The van der Waals surface area contributed by atoms with Crippen molar-refractivity contribution in [1.29, 1.82) is 0 Å². The Morgan fingerprint density at radius 1 is 1.29 bits per heavy atom. The van der Waals surface area contributed by atoms with Crippen LogP contribution in [0.15, 0.2) is 18.2 Å². The number of hydrogen-bond acceptors (Lipinski definition) is 6. The van der Waals surface area contributed by atoms with Crippen LogP contribution in [0.1, 0.15) is 73.1 Å². The first kappa shape index (κ1) is 28.6. The molecule has 206 valence electrons. The Morgan fingerprint density at radius 2 is 2.03 bits per heavy atom. The topological polar surface area (TPSA) is 99.8 Å². The SMILES string of the molecule is CC1(C)CNC(=O)c2sc(Nc3ccc(I)cc3F)c(C(=O)N[C@@H]3CCCN(C(=O)OC(C)(C)C)C3)c2C1. The molecule has 0 spiro atoms. The minimum absolute atomic E-state index is 0.226. The molecule has 0 radical (unpaired) electrons. The summed E-state index contributed by atoms with van der Waals surface area (Å²) in [5.41, 5.74) is 0.341. The minimum Gasteiger partial charge on any atom is -0.444 e. The average molecular weight is 657 g/mol. The van der Waals surface area contributed by atoms with Gasteiger partial charge >= 0.3 is 6.09 Å². The molecule has 2 aliphatic heterocycles. The molecule has 0 aliphatic carbocycles. The number of nitrogens with one attached hydrogen (secondary N) is 3. The van der Waals surface area contributed by atoms with Crippen molar-refractivity contribution in [3.63, 3.8) is 0 Å². The second kappa shape index (κ2) is 11.0. The van der Waals surface area contributed by atoms with E-state index in [2.05, 4.69) is 16.0 Å². The second-order valence-electron chi connectivity index (χ2n) is 11.6. The van der Waals surface area contributed by atoms with Gasteiger partial charge in [0.15, 0.2) is 0 Å². The lowest BCUT2D eigenvalue weighted by atomic mass is 9.85. The Morgan fingerprint density at radius 3 is 2.71 bits per heavy atom. The molecule has 2 aliphatic rings. The third kappa shape index (κ3) is 6.77. The number of halogens is 2. The fraction of sp³-hybridized carbons (Fsp3) is 0.519. The number of carbonyl (C=O) groups excluding carboxylic acids is 3. The van der Waals surface area contributed by atoms with Crippen LogP contribution in [0.3, 0.4) is 0 Å². The van der Waals surface area contributed by atoms with Crippen molar-refractivity contribution in [3.8, 4) is 0 Å². The Labute approximate surface area is 240 Å². The molecular formula is C27H34FIN4O4S. The van der Waals surface area contributed by atoms with Crippen molar-refractivity contribution in [1.82, 2.24) is 15.5 Å². The first-order chi connectivity index (χ1) is 17.7. The summed E-state index contributed by atoms with van der Waals surface area (Å²) in [7, 11) is 0. The highest BCUT2D eigenvalue weighted by atomic mass is 127. The lowest BCUT2D eigenvalue weighted by Gasteiger charge is -2.34. The minimum atomic E-state index is -0.611. The molecule has 3 amide bonds. The summed E-state index contributed by atoms with van der Waals surface area (Å²) in [6.07, 6.45) is 1.53. The molecule has 38 heavy (non-hydrogen) atoms. The van der Waals surface area contributed by atoms with Crippen LogP contribution in [0.25, 0.3) is 0 Å². The second-order valence-corrected chi connectivity index (χ2v) is 13.9. The molecule has 1 saturated heterocycles. The quantitative estimate of drug-likeness (QED) is 0.368. The van der Waals surface area contributed by atoms with E-state index < -0.39 is 17.5 Å². The van der Waals surface area contributed by atoms with Crippen LogP contribution in [0.4, 0.5) is 19.9 Å². The molecule has 0 unspecified atom stereocenters. The average Bonchev–Trinajstić information content (AvgIpc) is 3.10. The molecule has 0 saturated carbocycles. The van der Waals surface area contributed by atoms with Crippen LogP contribution in [-0.2, 0) is 11.2 Å². The van der Waals surface area contributed by atoms with Gasteiger partial charge in [0.25, 0.3) is 11.8 Å². The number of piperidine rings is 1. The maximum Gasteiger partial charge on any atom is 0.410 e. The van der Waals surface area contributed by atoms with Gasteiger partial charge < -0.3 is 25.6 Å². The van der Waals surface area contributed by atoms with Crippen molar-refractivity contribution < 1.29 is 23.5 Å². The Balaban J connectivity index is 1.64. The van der Waals surface area contributed by atoms with Crippen LogP contribution >= 0.6 is 33.9 Å². The lowest BCUT2D eigenvalue weighted by molar-refractivity contribution is 0.0185. The number of fused-ring (bicyclic) bond motifs is 1. The smallest absolute Gasteiger partial charge is 0.410 e. The van der Waals surface area contributed by atoms with E-state index in [0.717, 1.165) is 21.3 Å². The maximum atomic E-state index is 14.7. The summed E-state index contributed by atoms with van der Waals surface area (Å²) >= 11 is 3.19. The maximum absolute atomic E-state index is 14.7. The summed E-state index contributed by atoms with van der Waals surface area (Å²) in [4.78, 5) is 41.5. The van der Waals surface area contributed by atoms with Crippen LogP contribution in [0.2, 0.25) is 0 Å². The van der Waals surface area contributed by atoms with Crippen molar-refractivity contribution in [2.75, 3.05) is 25.0 Å². The Hall–Kier alpha value is -2.41. The van der Waals surface area contributed by atoms with Crippen LogP contribution in [-0.4, -0.2) is 54.1 Å². The van der Waals surface area contributed by atoms with Crippen molar-refractivity contribution in [2.24, 2.45) is 5.41 Å². The highest BCUT2D eigenvalue weighted by molar-refractivity contribution is 14.1. The number of likely N-dealkylation sites (tertiary alicyclic amines) is 1. The van der Waals surface area contributed by atoms with Crippen molar-refractivity contribution in [2.45, 2.75) is 65.5 Å². The van der Waals surface area contributed by atoms with Crippen molar-refractivity contribution in [3.05, 3.63) is 43.6 Å². The number of ether oxygens (including phenoxy) is 1. The van der Waals surface area contributed by atoms with E-state index in [1.54, 1.807) is 17.0 Å². The third-order valence-electron chi connectivity index (χ3n) is 6.41. The van der Waals surface area contributed by atoms with Gasteiger partial charge in [-0.3, -0.25) is 9.59 Å². The number of amides is 3. The Kier molecular flexibility index (Phi) is 8.27. The van der Waals surface area contributed by atoms with E-state index in [1.165, 1.54) is 6.07 Å². The fourth-order valence-corrected chi connectivity index (χ4v) is 6.24. The number of thiophene rings is 1. The van der Waals surface area contributed by atoms with Crippen molar-refractivity contribution >= 4 is 62.5 Å². The molecular weight excluding hydrogens is 622 g/mol. The lowest BCUT2D eigenvalue weighted by Crippen LogP contribution is -2.50. The normalized spacial score (nSPS) is 19.2. The molecule has 1 atom stereocenters. The molecule has 1 aromatic heterocycles. The van der Waals surface area contributed by atoms with E-state index >= 15 is 0 Å². The molecule has 3 heterocycles. The van der Waals surface area contributed by atoms with Gasteiger partial charge in [0, 0.05) is 29.2 Å². The van der Waals surface area contributed by atoms with E-state index in [4.69, 9.17) is 4.74 Å². The number of hydrogen-bond donors (Lipinski definition) is 3. The highest BCUT2D eigenvalue weighted by Gasteiger charge is 2.36. The molecule has 11 heteroatoms. The fourth-order valence-electron chi connectivity index (χ4n) is 4.64. The molecule has 2 aromatic rings. The predicted molar refractivity (Wildman–Crippen MR) is 155 cm³/mol. The van der Waals surface area contributed by atoms with Gasteiger partial charge in [0.2, 0.25) is 0 Å². The molecule has 8 nitrogen and oxygen atoms in total. The number of carbonyl (C=O) groups is 3. The molecule has 1 fully saturated rings. The summed E-state index contributed by atoms with van der Waals surface area (Å²) in [6, 6.07) is 4.51. The standard InChI is InChI=1S/C27H34FIN4O4S/c1-26(2,3)37-25(36)33-10-6-7-16(13-33)31-22(34)20-17-12-27(4,5)14-30-23(35)21(17)38-24(20)32-19-9-8-15(29)11-18(19)28/h8-9,11,16,32H,6-7,10,12-14H2,1-5H3,(H,30,35)(H,31,34)/t16-/m1/s1. The zero-order valence-electron chi connectivity index (χ0n) is 22.3. The van der Waals surface area contributed by atoms with Gasteiger partial charge in [-0.15, -0.1) is 11.3 Å². The van der Waals surface area contributed by atoms with Gasteiger partial charge in [0.05, 0.1) is 16.1 Å².